The van der Waals surface area contributed by atoms with Crippen LogP contribution in [0.4, 0.5) is 0 Å². The maximum Gasteiger partial charge on any atom is 0.228 e. The smallest absolute Gasteiger partial charge is 0.228 e. The van der Waals surface area contributed by atoms with Gasteiger partial charge < -0.3 is 15.0 Å². The number of H-pyrrole nitrogens is 1. The Balaban J connectivity index is 1.57. The van der Waals surface area contributed by atoms with Gasteiger partial charge in [0.1, 0.15) is 6.23 Å². The van der Waals surface area contributed by atoms with Crippen LogP contribution in [0, 0.1) is 11.8 Å². The molecule has 4 rings (SSSR count). The second kappa shape index (κ2) is 5.53. The summed E-state index contributed by atoms with van der Waals surface area (Å²) in [5, 5.41) is 11.8. The molecule has 0 spiro atoms. The van der Waals surface area contributed by atoms with E-state index in [0.29, 0.717) is 0 Å². The van der Waals surface area contributed by atoms with Crippen LogP contribution in [0.1, 0.15) is 25.3 Å². The van der Waals surface area contributed by atoms with Gasteiger partial charge in [0.2, 0.25) is 5.91 Å². The van der Waals surface area contributed by atoms with Gasteiger partial charge >= 0.3 is 0 Å². The molecule has 2 aliphatic rings. The van der Waals surface area contributed by atoms with Gasteiger partial charge in [0.15, 0.2) is 0 Å². The molecule has 2 N–H and O–H groups in total. The average molecular weight is 310 g/mol. The number of para-hydroxylation sites is 1. The van der Waals surface area contributed by atoms with E-state index in [1.54, 1.807) is 4.90 Å². The molecule has 1 fully saturated rings. The minimum Gasteiger partial charge on any atom is -0.373 e. The third-order valence-electron chi connectivity index (χ3n) is 5.39. The number of aliphatic hydroxyl groups is 1. The molecule has 4 atom stereocenters. The lowest BCUT2D eigenvalue weighted by atomic mass is 9.85. The minimum absolute atomic E-state index is 0.0118. The molecule has 120 valence electrons. The second-order valence-electron chi connectivity index (χ2n) is 6.78. The fraction of sp³-hybridized carbons (Fsp3) is 0.421. The third-order valence-corrected chi connectivity index (χ3v) is 5.39. The molecule has 1 aliphatic heterocycles. The average Bonchev–Trinajstić information content (AvgIpc) is 3.08. The summed E-state index contributed by atoms with van der Waals surface area (Å²) in [7, 11) is 0. The number of aliphatic hydroxyl groups excluding tert-OH is 1. The van der Waals surface area contributed by atoms with Crippen molar-refractivity contribution in [3.63, 3.8) is 0 Å². The first-order valence-corrected chi connectivity index (χ1v) is 8.37. The molecule has 1 saturated heterocycles. The zero-order valence-corrected chi connectivity index (χ0v) is 13.3. The van der Waals surface area contributed by atoms with Gasteiger partial charge in [0.25, 0.3) is 0 Å². The van der Waals surface area contributed by atoms with Crippen molar-refractivity contribution in [2.45, 2.75) is 38.5 Å². The Hall–Kier alpha value is -2.07. The van der Waals surface area contributed by atoms with Gasteiger partial charge in [-0.15, -0.1) is 0 Å². The van der Waals surface area contributed by atoms with Crippen molar-refractivity contribution in [2.24, 2.45) is 11.8 Å². The van der Waals surface area contributed by atoms with Gasteiger partial charge in [-0.2, -0.15) is 0 Å². The van der Waals surface area contributed by atoms with E-state index in [4.69, 9.17) is 0 Å². The summed E-state index contributed by atoms with van der Waals surface area (Å²) in [4.78, 5) is 17.7. The lowest BCUT2D eigenvalue weighted by Crippen LogP contribution is -2.43. The molecule has 0 bridgehead atoms. The summed E-state index contributed by atoms with van der Waals surface area (Å²) >= 11 is 0. The van der Waals surface area contributed by atoms with Crippen molar-refractivity contribution in [3.8, 4) is 0 Å². The maximum atomic E-state index is 12.7. The monoisotopic (exact) mass is 310 g/mol. The van der Waals surface area contributed by atoms with Crippen LogP contribution in [0.15, 0.2) is 42.6 Å². The molecule has 1 aliphatic carbocycles. The van der Waals surface area contributed by atoms with Crippen molar-refractivity contribution < 1.29 is 9.90 Å². The molecular weight excluding hydrogens is 288 g/mol. The number of hydrogen-bond donors (Lipinski definition) is 2. The van der Waals surface area contributed by atoms with Crippen LogP contribution in [-0.4, -0.2) is 33.2 Å². The molecule has 1 amide bonds. The van der Waals surface area contributed by atoms with Crippen molar-refractivity contribution in [1.29, 1.82) is 0 Å². The van der Waals surface area contributed by atoms with Crippen LogP contribution < -0.4 is 0 Å². The van der Waals surface area contributed by atoms with E-state index >= 15 is 0 Å². The quantitative estimate of drug-likeness (QED) is 0.857. The van der Waals surface area contributed by atoms with E-state index in [9.17, 15) is 9.90 Å². The number of nitrogens with zero attached hydrogens (tertiary/aromatic N) is 1. The molecule has 2 heterocycles. The lowest BCUT2D eigenvalue weighted by molar-refractivity contribution is -0.138. The molecule has 4 heteroatoms. The highest BCUT2D eigenvalue weighted by Gasteiger charge is 2.48. The standard InChI is InChI=1S/C19H22N2O2/c1-12(10-13-11-20-17-9-5-4-6-14(13)17)21-18(22)15-7-2-3-8-16(15)19(21)23/h2-6,9,11-12,15-16,18,20,22H,7-8,10H2,1H3/t12?,15-,16+,18+/m0/s1. The Morgan fingerprint density at radius 2 is 2.09 bits per heavy atom. The summed E-state index contributed by atoms with van der Waals surface area (Å²) in [6.07, 6.45) is 7.83. The number of allylic oxidation sites excluding steroid dienone is 2. The lowest BCUT2D eigenvalue weighted by Gasteiger charge is -2.29. The number of amides is 1. The minimum atomic E-state index is -0.655. The first-order valence-electron chi connectivity index (χ1n) is 8.37. The highest BCUT2D eigenvalue weighted by Crippen LogP contribution is 2.39. The van der Waals surface area contributed by atoms with E-state index in [2.05, 4.69) is 29.3 Å². The molecule has 4 nitrogen and oxygen atoms in total. The van der Waals surface area contributed by atoms with Crippen LogP contribution in [0.3, 0.4) is 0 Å². The topological polar surface area (TPSA) is 56.3 Å². The van der Waals surface area contributed by atoms with Crippen molar-refractivity contribution in [3.05, 3.63) is 48.2 Å². The molecule has 2 aromatic rings. The van der Waals surface area contributed by atoms with Gasteiger partial charge in [-0.3, -0.25) is 4.79 Å². The highest BCUT2D eigenvalue weighted by atomic mass is 16.3. The maximum absolute atomic E-state index is 12.7. The van der Waals surface area contributed by atoms with Gasteiger partial charge in [-0.05, 0) is 37.8 Å². The summed E-state index contributed by atoms with van der Waals surface area (Å²) in [6.45, 7) is 2.04. The predicted molar refractivity (Wildman–Crippen MR) is 89.7 cm³/mol. The van der Waals surface area contributed by atoms with Gasteiger partial charge in [-0.25, -0.2) is 0 Å². The summed E-state index contributed by atoms with van der Waals surface area (Å²) < 4.78 is 0. The van der Waals surface area contributed by atoms with E-state index in [1.807, 2.05) is 25.3 Å². The Bertz CT molecular complexity index is 764. The van der Waals surface area contributed by atoms with Gasteiger partial charge in [0, 0.05) is 35.0 Å². The number of aromatic amines is 1. The molecule has 1 aromatic heterocycles. The number of likely N-dealkylation sites (tertiary alicyclic amines) is 1. The van der Waals surface area contributed by atoms with Crippen molar-refractivity contribution >= 4 is 16.8 Å². The second-order valence-corrected chi connectivity index (χ2v) is 6.78. The van der Waals surface area contributed by atoms with Crippen LogP contribution >= 0.6 is 0 Å². The number of carbonyl (C=O) groups is 1. The zero-order valence-electron chi connectivity index (χ0n) is 13.3. The number of benzene rings is 1. The highest BCUT2D eigenvalue weighted by molar-refractivity contribution is 5.84. The number of fused-ring (bicyclic) bond motifs is 2. The molecular formula is C19H22N2O2. The Morgan fingerprint density at radius 1 is 1.30 bits per heavy atom. The predicted octanol–water partition coefficient (Wildman–Crippen LogP) is 2.84. The van der Waals surface area contributed by atoms with Crippen molar-refractivity contribution in [2.75, 3.05) is 0 Å². The van der Waals surface area contributed by atoms with Crippen LogP contribution in [0.25, 0.3) is 10.9 Å². The Morgan fingerprint density at radius 3 is 2.91 bits per heavy atom. The number of aromatic nitrogens is 1. The molecule has 1 unspecified atom stereocenters. The Labute approximate surface area is 135 Å². The fourth-order valence-corrected chi connectivity index (χ4v) is 4.17. The molecule has 1 aromatic carbocycles. The van der Waals surface area contributed by atoms with Gasteiger partial charge in [-0.1, -0.05) is 30.4 Å². The number of rotatable bonds is 3. The third kappa shape index (κ3) is 2.29. The summed E-state index contributed by atoms with van der Waals surface area (Å²) in [5.41, 5.74) is 2.31. The molecule has 23 heavy (non-hydrogen) atoms. The van der Waals surface area contributed by atoms with E-state index in [0.717, 1.165) is 24.8 Å². The summed E-state index contributed by atoms with van der Waals surface area (Å²) in [6, 6.07) is 8.18. The normalized spacial score (nSPS) is 28.3. The van der Waals surface area contributed by atoms with E-state index in [-0.39, 0.29) is 23.8 Å². The first kappa shape index (κ1) is 14.5. The Kier molecular flexibility index (Phi) is 3.49. The SMILES string of the molecule is CC(Cc1c[nH]c2ccccc12)N1C(=O)[C@@H]2CC=CC[C@@H]2[C@H]1O. The number of hydrogen-bond acceptors (Lipinski definition) is 2. The van der Waals surface area contributed by atoms with Gasteiger partial charge in [0.05, 0.1) is 0 Å². The number of carbonyl (C=O) groups excluding carboxylic acids is 1. The molecule has 0 radical (unpaired) electrons. The first-order chi connectivity index (χ1) is 11.2. The largest absolute Gasteiger partial charge is 0.373 e. The fourth-order valence-electron chi connectivity index (χ4n) is 4.17. The van der Waals surface area contributed by atoms with Crippen LogP contribution in [0.5, 0.6) is 0 Å². The zero-order chi connectivity index (χ0) is 16.0. The summed E-state index contributed by atoms with van der Waals surface area (Å²) in [5.74, 6) is 0.123. The molecule has 0 saturated carbocycles. The van der Waals surface area contributed by atoms with E-state index < -0.39 is 6.23 Å². The van der Waals surface area contributed by atoms with Crippen LogP contribution in [-0.2, 0) is 11.2 Å². The number of nitrogens with one attached hydrogen (secondary N) is 1. The van der Waals surface area contributed by atoms with Crippen molar-refractivity contribution in [1.82, 2.24) is 9.88 Å². The van der Waals surface area contributed by atoms with Crippen LogP contribution in [0.2, 0.25) is 0 Å². The van der Waals surface area contributed by atoms with E-state index in [1.165, 1.54) is 10.9 Å².